The quantitative estimate of drug-likeness (QED) is 0.873. The Bertz CT molecular complexity index is 363. The van der Waals surface area contributed by atoms with Crippen LogP contribution in [-0.2, 0) is 6.42 Å². The molecule has 1 heterocycles. The highest BCUT2D eigenvalue weighted by molar-refractivity contribution is 7.09. The minimum atomic E-state index is -0.0803. The predicted molar refractivity (Wildman–Crippen MR) is 74.1 cm³/mol. The molecule has 2 nitrogen and oxygen atoms in total. The summed E-state index contributed by atoms with van der Waals surface area (Å²) in [5.74, 6) is 0. The van der Waals surface area contributed by atoms with Crippen LogP contribution >= 0.6 is 11.3 Å². The molecule has 0 radical (unpaired) electrons. The van der Waals surface area contributed by atoms with Gasteiger partial charge >= 0.3 is 0 Å². The van der Waals surface area contributed by atoms with Crippen molar-refractivity contribution in [2.45, 2.75) is 58.9 Å². The van der Waals surface area contributed by atoms with E-state index in [4.69, 9.17) is 5.73 Å². The van der Waals surface area contributed by atoms with E-state index in [1.165, 1.54) is 11.4 Å². The second-order valence-corrected chi connectivity index (χ2v) is 8.30. The maximum Gasteiger partial charge on any atom is 0.0943 e. The summed E-state index contributed by atoms with van der Waals surface area (Å²) in [7, 11) is 0. The normalized spacial score (nSPS) is 25.7. The van der Waals surface area contributed by atoms with Crippen molar-refractivity contribution in [1.29, 1.82) is 0 Å². The fourth-order valence-electron chi connectivity index (χ4n) is 4.16. The van der Waals surface area contributed by atoms with E-state index >= 15 is 0 Å². The third-order valence-electron chi connectivity index (χ3n) is 3.61. The summed E-state index contributed by atoms with van der Waals surface area (Å²) >= 11 is 1.72. The number of rotatable bonds is 2. The highest BCUT2D eigenvalue weighted by Crippen LogP contribution is 2.50. The van der Waals surface area contributed by atoms with Gasteiger partial charge in [0.2, 0.25) is 0 Å². The second kappa shape index (κ2) is 4.06. The lowest BCUT2D eigenvalue weighted by atomic mass is 9.58. The van der Waals surface area contributed by atoms with Gasteiger partial charge in [-0.3, -0.25) is 0 Å². The molecule has 0 aromatic carbocycles. The smallest absolute Gasteiger partial charge is 0.0943 e. The molecule has 1 aliphatic carbocycles. The average molecular weight is 252 g/mol. The van der Waals surface area contributed by atoms with Gasteiger partial charge in [0.25, 0.3) is 0 Å². The molecular formula is C14H24N2S. The summed E-state index contributed by atoms with van der Waals surface area (Å²) in [5, 5.41) is 3.22. The molecule has 0 bridgehead atoms. The van der Waals surface area contributed by atoms with Crippen molar-refractivity contribution in [3.05, 3.63) is 16.6 Å². The summed E-state index contributed by atoms with van der Waals surface area (Å²) in [6.45, 7) is 9.38. The molecule has 2 rings (SSSR count). The summed E-state index contributed by atoms with van der Waals surface area (Å²) in [5.41, 5.74) is 7.27. The number of hydrogen-bond acceptors (Lipinski definition) is 3. The summed E-state index contributed by atoms with van der Waals surface area (Å²) in [4.78, 5) is 4.39. The van der Waals surface area contributed by atoms with E-state index in [1.54, 1.807) is 11.3 Å². The lowest BCUT2D eigenvalue weighted by Crippen LogP contribution is -2.53. The van der Waals surface area contributed by atoms with Crippen molar-refractivity contribution in [3.63, 3.8) is 0 Å². The third kappa shape index (κ3) is 3.29. The Morgan fingerprint density at radius 1 is 1.18 bits per heavy atom. The molecule has 3 heteroatoms. The molecule has 0 amide bonds. The van der Waals surface area contributed by atoms with Crippen LogP contribution in [0.3, 0.4) is 0 Å². The maximum atomic E-state index is 6.67. The van der Waals surface area contributed by atoms with E-state index in [9.17, 15) is 0 Å². The molecule has 0 spiro atoms. The molecular weight excluding hydrogens is 228 g/mol. The first-order chi connectivity index (χ1) is 7.70. The second-order valence-electron chi connectivity index (χ2n) is 7.32. The zero-order chi connectivity index (χ0) is 12.7. The number of nitrogens with zero attached hydrogens (tertiary/aromatic N) is 1. The Morgan fingerprint density at radius 3 is 2.24 bits per heavy atom. The van der Waals surface area contributed by atoms with Gasteiger partial charge < -0.3 is 5.73 Å². The molecule has 0 aliphatic heterocycles. The van der Waals surface area contributed by atoms with E-state index in [1.807, 2.05) is 11.6 Å². The zero-order valence-electron chi connectivity index (χ0n) is 11.4. The van der Waals surface area contributed by atoms with E-state index in [2.05, 4.69) is 32.7 Å². The SMILES string of the molecule is CC1(C)CC(C)(C)CC(N)(Cc2nccs2)C1. The van der Waals surface area contributed by atoms with Crippen LogP contribution in [0, 0.1) is 10.8 Å². The lowest BCUT2D eigenvalue weighted by molar-refractivity contribution is 0.0487. The summed E-state index contributed by atoms with van der Waals surface area (Å²) in [6, 6.07) is 0. The Kier molecular flexibility index (Phi) is 3.11. The summed E-state index contributed by atoms with van der Waals surface area (Å²) < 4.78 is 0. The minimum absolute atomic E-state index is 0.0803. The molecule has 2 N–H and O–H groups in total. The number of nitrogens with two attached hydrogens (primary N) is 1. The van der Waals surface area contributed by atoms with Gasteiger partial charge in [0.1, 0.15) is 0 Å². The number of thiazole rings is 1. The van der Waals surface area contributed by atoms with Crippen LogP contribution in [0.25, 0.3) is 0 Å². The van der Waals surface area contributed by atoms with Crippen molar-refractivity contribution in [1.82, 2.24) is 4.98 Å². The Morgan fingerprint density at radius 2 is 1.76 bits per heavy atom. The van der Waals surface area contributed by atoms with Gasteiger partial charge in [-0.15, -0.1) is 11.3 Å². The fraction of sp³-hybridized carbons (Fsp3) is 0.786. The molecule has 17 heavy (non-hydrogen) atoms. The number of hydrogen-bond donors (Lipinski definition) is 1. The van der Waals surface area contributed by atoms with E-state index in [-0.39, 0.29) is 5.54 Å². The van der Waals surface area contributed by atoms with Gasteiger partial charge in [-0.1, -0.05) is 27.7 Å². The van der Waals surface area contributed by atoms with Crippen LogP contribution < -0.4 is 5.73 Å². The maximum absolute atomic E-state index is 6.67. The highest BCUT2D eigenvalue weighted by Gasteiger charge is 2.45. The molecule has 1 aromatic heterocycles. The monoisotopic (exact) mass is 252 g/mol. The first-order valence-corrected chi connectivity index (χ1v) is 7.25. The van der Waals surface area contributed by atoms with Crippen LogP contribution in [0.2, 0.25) is 0 Å². The third-order valence-corrected chi connectivity index (χ3v) is 4.38. The van der Waals surface area contributed by atoms with Crippen molar-refractivity contribution in [3.8, 4) is 0 Å². The molecule has 0 atom stereocenters. The van der Waals surface area contributed by atoms with Crippen LogP contribution in [-0.4, -0.2) is 10.5 Å². The Hall–Kier alpha value is -0.410. The Balaban J connectivity index is 2.18. The topological polar surface area (TPSA) is 38.9 Å². The van der Waals surface area contributed by atoms with E-state index in [0.29, 0.717) is 10.8 Å². The highest BCUT2D eigenvalue weighted by atomic mass is 32.1. The molecule has 0 saturated heterocycles. The molecule has 1 saturated carbocycles. The van der Waals surface area contributed by atoms with Gasteiger partial charge in [0.05, 0.1) is 5.01 Å². The lowest BCUT2D eigenvalue weighted by Gasteiger charge is -2.50. The molecule has 0 unspecified atom stereocenters. The zero-order valence-corrected chi connectivity index (χ0v) is 12.2. The first kappa shape index (κ1) is 13.0. The molecule has 1 aliphatic rings. The molecule has 1 aromatic rings. The van der Waals surface area contributed by atoms with Crippen molar-refractivity contribution < 1.29 is 0 Å². The molecule has 1 fully saturated rings. The standard InChI is InChI=1S/C14H24N2S/c1-12(2)8-13(3,4)10-14(15,9-12)7-11-16-5-6-17-11/h5-6H,7-10,15H2,1-4H3. The van der Waals surface area contributed by atoms with Crippen molar-refractivity contribution in [2.75, 3.05) is 0 Å². The van der Waals surface area contributed by atoms with Crippen molar-refractivity contribution >= 4 is 11.3 Å². The van der Waals surface area contributed by atoms with Crippen LogP contribution in [0.4, 0.5) is 0 Å². The van der Waals surface area contributed by atoms with Gasteiger partial charge in [-0.05, 0) is 30.1 Å². The van der Waals surface area contributed by atoms with Gasteiger partial charge in [0.15, 0.2) is 0 Å². The summed E-state index contributed by atoms with van der Waals surface area (Å²) in [6.07, 6.45) is 6.27. The fourth-order valence-corrected chi connectivity index (χ4v) is 4.93. The number of aromatic nitrogens is 1. The van der Waals surface area contributed by atoms with E-state index < -0.39 is 0 Å². The molecule has 96 valence electrons. The first-order valence-electron chi connectivity index (χ1n) is 6.37. The Labute approximate surface area is 109 Å². The van der Waals surface area contributed by atoms with Crippen molar-refractivity contribution in [2.24, 2.45) is 16.6 Å². The van der Waals surface area contributed by atoms with Crippen LogP contribution in [0.15, 0.2) is 11.6 Å². The van der Waals surface area contributed by atoms with Gasteiger partial charge in [0, 0.05) is 23.5 Å². The largest absolute Gasteiger partial charge is 0.325 e. The van der Waals surface area contributed by atoms with Gasteiger partial charge in [-0.2, -0.15) is 0 Å². The van der Waals surface area contributed by atoms with E-state index in [0.717, 1.165) is 19.3 Å². The predicted octanol–water partition coefficient (Wildman–Crippen LogP) is 3.62. The van der Waals surface area contributed by atoms with Crippen LogP contribution in [0.5, 0.6) is 0 Å². The van der Waals surface area contributed by atoms with Gasteiger partial charge in [-0.25, -0.2) is 4.98 Å². The average Bonchev–Trinajstić information content (AvgIpc) is 2.47. The van der Waals surface area contributed by atoms with Crippen LogP contribution in [0.1, 0.15) is 52.0 Å². The minimum Gasteiger partial charge on any atom is -0.325 e.